The van der Waals surface area contributed by atoms with Crippen LogP contribution in [-0.4, -0.2) is 30.1 Å². The molecule has 1 atom stereocenters. The number of carbonyl (C=O) groups excluding carboxylic acids is 2. The molecule has 0 bridgehead atoms. The van der Waals surface area contributed by atoms with Crippen LogP contribution in [0.1, 0.15) is 52.2 Å². The van der Waals surface area contributed by atoms with Crippen LogP contribution >= 0.6 is 0 Å². The van der Waals surface area contributed by atoms with Crippen LogP contribution in [0.4, 0.5) is 4.79 Å². The van der Waals surface area contributed by atoms with Gasteiger partial charge in [0, 0.05) is 12.8 Å². The molecule has 0 heterocycles. The number of rotatable bonds is 3. The van der Waals surface area contributed by atoms with Gasteiger partial charge in [0.15, 0.2) is 5.78 Å². The Morgan fingerprint density at radius 2 is 1.88 bits per heavy atom. The standard InChI is InChI=1S/C15H19NO3.C5H13N/c1-15(2,3)19-14(18)16-12-8-10-6-4-5-7-11(10)9-13(12)17;1-5(2)3-4-6/h4-7,12H,8-9H2,1-3H3,(H,16,18);5H,3-4,6H2,1-2H3/t12-;/m1./s1. The SMILES string of the molecule is CC(C)(C)OC(=O)N[C@@H]1Cc2ccccc2CC1=O.CC(C)CCN. The van der Waals surface area contributed by atoms with Gasteiger partial charge in [0.1, 0.15) is 5.60 Å². The van der Waals surface area contributed by atoms with Crippen molar-refractivity contribution >= 4 is 11.9 Å². The van der Waals surface area contributed by atoms with Crippen molar-refractivity contribution in [2.45, 2.75) is 65.5 Å². The van der Waals surface area contributed by atoms with E-state index >= 15 is 0 Å². The number of nitrogens with one attached hydrogen (secondary N) is 1. The summed E-state index contributed by atoms with van der Waals surface area (Å²) >= 11 is 0. The predicted molar refractivity (Wildman–Crippen MR) is 101 cm³/mol. The second-order valence-corrected chi connectivity index (χ2v) is 7.79. The average Bonchev–Trinajstić information content (AvgIpc) is 2.46. The number of ketones is 1. The normalized spacial score (nSPS) is 16.6. The monoisotopic (exact) mass is 348 g/mol. The van der Waals surface area contributed by atoms with Gasteiger partial charge in [-0.05, 0) is 50.8 Å². The van der Waals surface area contributed by atoms with Crippen molar-refractivity contribution in [3.05, 3.63) is 35.4 Å². The van der Waals surface area contributed by atoms with E-state index in [1.54, 1.807) is 20.8 Å². The van der Waals surface area contributed by atoms with Crippen LogP contribution < -0.4 is 11.1 Å². The molecule has 1 amide bonds. The Hall–Kier alpha value is -1.88. The summed E-state index contributed by atoms with van der Waals surface area (Å²) in [5.41, 5.74) is 6.84. The smallest absolute Gasteiger partial charge is 0.408 e. The summed E-state index contributed by atoms with van der Waals surface area (Å²) in [5, 5.41) is 2.66. The zero-order chi connectivity index (χ0) is 19.0. The number of benzene rings is 1. The fraction of sp³-hybridized carbons (Fsp3) is 0.600. The van der Waals surface area contributed by atoms with Crippen molar-refractivity contribution in [1.82, 2.24) is 5.32 Å². The Kier molecular flexibility index (Phi) is 8.10. The number of fused-ring (bicyclic) bond motifs is 1. The Morgan fingerprint density at radius 1 is 1.28 bits per heavy atom. The second kappa shape index (κ2) is 9.56. The van der Waals surface area contributed by atoms with E-state index in [4.69, 9.17) is 10.5 Å². The van der Waals surface area contributed by atoms with Gasteiger partial charge in [0.25, 0.3) is 0 Å². The van der Waals surface area contributed by atoms with E-state index in [1.807, 2.05) is 24.3 Å². The third-order valence-corrected chi connectivity index (χ3v) is 3.73. The summed E-state index contributed by atoms with van der Waals surface area (Å²) < 4.78 is 5.17. The Labute approximate surface area is 151 Å². The molecule has 5 nitrogen and oxygen atoms in total. The van der Waals surface area contributed by atoms with Gasteiger partial charge in [-0.25, -0.2) is 4.79 Å². The molecule has 1 aliphatic rings. The summed E-state index contributed by atoms with van der Waals surface area (Å²) in [6, 6.07) is 7.33. The number of hydrogen-bond donors (Lipinski definition) is 2. The molecule has 0 fully saturated rings. The lowest BCUT2D eigenvalue weighted by molar-refractivity contribution is -0.120. The van der Waals surface area contributed by atoms with Gasteiger partial charge in [-0.3, -0.25) is 4.79 Å². The van der Waals surface area contributed by atoms with Crippen molar-refractivity contribution in [3.8, 4) is 0 Å². The summed E-state index contributed by atoms with van der Waals surface area (Å²) in [7, 11) is 0. The molecular formula is C20H32N2O3. The van der Waals surface area contributed by atoms with Crippen LogP contribution in [0.2, 0.25) is 0 Å². The first-order valence-corrected chi connectivity index (χ1v) is 8.91. The predicted octanol–water partition coefficient (Wildman–Crippen LogP) is 3.24. The summed E-state index contributed by atoms with van der Waals surface area (Å²) in [4.78, 5) is 23.7. The minimum Gasteiger partial charge on any atom is -0.444 e. The number of alkyl carbamates (subject to hydrolysis) is 1. The number of ether oxygens (including phenoxy) is 1. The summed E-state index contributed by atoms with van der Waals surface area (Å²) in [6.07, 6.45) is 1.52. The first kappa shape index (κ1) is 21.2. The van der Waals surface area contributed by atoms with Gasteiger partial charge >= 0.3 is 6.09 Å². The molecule has 0 saturated heterocycles. The molecule has 3 N–H and O–H groups in total. The Morgan fingerprint density at radius 3 is 2.36 bits per heavy atom. The molecule has 1 aromatic rings. The topological polar surface area (TPSA) is 81.4 Å². The molecule has 0 spiro atoms. The van der Waals surface area contributed by atoms with Crippen LogP contribution in [0.15, 0.2) is 24.3 Å². The molecule has 0 unspecified atom stereocenters. The van der Waals surface area contributed by atoms with E-state index < -0.39 is 17.7 Å². The highest BCUT2D eigenvalue weighted by Crippen LogP contribution is 2.19. The number of amides is 1. The van der Waals surface area contributed by atoms with Gasteiger partial charge in [-0.15, -0.1) is 0 Å². The van der Waals surface area contributed by atoms with Crippen molar-refractivity contribution < 1.29 is 14.3 Å². The lowest BCUT2D eigenvalue weighted by Gasteiger charge is -2.26. The van der Waals surface area contributed by atoms with Crippen LogP contribution in [0, 0.1) is 5.92 Å². The van der Waals surface area contributed by atoms with E-state index in [0.29, 0.717) is 12.8 Å². The third kappa shape index (κ3) is 8.16. The molecule has 1 aromatic carbocycles. The lowest BCUT2D eigenvalue weighted by atomic mass is 9.87. The zero-order valence-corrected chi connectivity index (χ0v) is 16.1. The van der Waals surface area contributed by atoms with Crippen molar-refractivity contribution in [1.29, 1.82) is 0 Å². The van der Waals surface area contributed by atoms with Crippen molar-refractivity contribution in [2.24, 2.45) is 11.7 Å². The number of carbonyl (C=O) groups is 2. The molecule has 25 heavy (non-hydrogen) atoms. The van der Waals surface area contributed by atoms with Gasteiger partial charge in [0.2, 0.25) is 0 Å². The van der Waals surface area contributed by atoms with E-state index in [1.165, 1.54) is 0 Å². The quantitative estimate of drug-likeness (QED) is 0.878. The minimum absolute atomic E-state index is 0.0320. The fourth-order valence-corrected chi connectivity index (χ4v) is 2.49. The number of hydrogen-bond acceptors (Lipinski definition) is 4. The lowest BCUT2D eigenvalue weighted by Crippen LogP contribution is -2.47. The van der Waals surface area contributed by atoms with E-state index in [2.05, 4.69) is 19.2 Å². The second-order valence-electron chi connectivity index (χ2n) is 7.79. The van der Waals surface area contributed by atoms with Crippen LogP contribution in [-0.2, 0) is 22.4 Å². The van der Waals surface area contributed by atoms with Crippen LogP contribution in [0.5, 0.6) is 0 Å². The maximum absolute atomic E-state index is 12.0. The number of Topliss-reactive ketones (excluding diaryl/α,β-unsaturated/α-hetero) is 1. The van der Waals surface area contributed by atoms with Gasteiger partial charge in [-0.2, -0.15) is 0 Å². The van der Waals surface area contributed by atoms with E-state index in [9.17, 15) is 9.59 Å². The number of nitrogens with two attached hydrogens (primary N) is 1. The van der Waals surface area contributed by atoms with Gasteiger partial charge in [0.05, 0.1) is 6.04 Å². The fourth-order valence-electron chi connectivity index (χ4n) is 2.49. The molecule has 0 radical (unpaired) electrons. The van der Waals surface area contributed by atoms with Crippen LogP contribution in [0.25, 0.3) is 0 Å². The molecule has 1 aliphatic carbocycles. The molecule has 5 heteroatoms. The van der Waals surface area contributed by atoms with E-state index in [-0.39, 0.29) is 5.78 Å². The first-order valence-electron chi connectivity index (χ1n) is 8.91. The first-order chi connectivity index (χ1) is 11.6. The maximum atomic E-state index is 12.0. The van der Waals surface area contributed by atoms with Gasteiger partial charge in [-0.1, -0.05) is 38.1 Å². The molecule has 0 aliphatic heterocycles. The minimum atomic E-state index is -0.556. The highest BCUT2D eigenvalue weighted by Gasteiger charge is 2.28. The third-order valence-electron chi connectivity index (χ3n) is 3.73. The largest absolute Gasteiger partial charge is 0.444 e. The van der Waals surface area contributed by atoms with Crippen LogP contribution in [0.3, 0.4) is 0 Å². The highest BCUT2D eigenvalue weighted by molar-refractivity contribution is 5.91. The van der Waals surface area contributed by atoms with Crippen molar-refractivity contribution in [2.75, 3.05) is 6.54 Å². The average molecular weight is 348 g/mol. The molecule has 140 valence electrons. The molecule has 0 aromatic heterocycles. The van der Waals surface area contributed by atoms with Crippen molar-refractivity contribution in [3.63, 3.8) is 0 Å². The summed E-state index contributed by atoms with van der Waals surface area (Å²) in [6.45, 7) is 10.6. The highest BCUT2D eigenvalue weighted by atomic mass is 16.6. The molecule has 2 rings (SSSR count). The Bertz CT molecular complexity index is 577. The van der Waals surface area contributed by atoms with Gasteiger partial charge < -0.3 is 15.8 Å². The maximum Gasteiger partial charge on any atom is 0.408 e. The Balaban J connectivity index is 0.000000450. The summed E-state index contributed by atoms with van der Waals surface area (Å²) in [5.74, 6) is 0.805. The molecule has 0 saturated carbocycles. The molecular weight excluding hydrogens is 316 g/mol. The zero-order valence-electron chi connectivity index (χ0n) is 16.1. The van der Waals surface area contributed by atoms with E-state index in [0.717, 1.165) is 30.0 Å².